The van der Waals surface area contributed by atoms with Crippen molar-refractivity contribution >= 4 is 15.7 Å². The highest BCUT2D eigenvalue weighted by Gasteiger charge is 2.17. The van der Waals surface area contributed by atoms with Crippen molar-refractivity contribution in [1.82, 2.24) is 0 Å². The molecule has 1 aromatic rings. The van der Waals surface area contributed by atoms with Crippen LogP contribution in [0.15, 0.2) is 24.3 Å². The molecule has 0 aromatic heterocycles. The minimum Gasteiger partial charge on any atom is -0.428 e. The van der Waals surface area contributed by atoms with Gasteiger partial charge in [-0.05, 0) is 44.9 Å². The quantitative estimate of drug-likeness (QED) is 0.358. The first-order valence-electron chi connectivity index (χ1n) is 6.90. The summed E-state index contributed by atoms with van der Waals surface area (Å²) < 4.78 is 10.2. The highest BCUT2D eigenvalue weighted by atomic mass is 28.2. The van der Waals surface area contributed by atoms with Gasteiger partial charge >= 0.3 is 6.16 Å². The predicted octanol–water partition coefficient (Wildman–Crippen LogP) is 3.57. The van der Waals surface area contributed by atoms with Crippen LogP contribution in [0.4, 0.5) is 4.79 Å². The first-order chi connectivity index (χ1) is 8.90. The van der Waals surface area contributed by atoms with Crippen LogP contribution in [0, 0.1) is 0 Å². The molecule has 0 saturated heterocycles. The molecular formula is C15H24O3Si. The van der Waals surface area contributed by atoms with Crippen molar-refractivity contribution in [2.75, 3.05) is 0 Å². The van der Waals surface area contributed by atoms with E-state index in [4.69, 9.17) is 9.47 Å². The van der Waals surface area contributed by atoms with Gasteiger partial charge in [-0.1, -0.05) is 31.1 Å². The highest BCUT2D eigenvalue weighted by Crippen LogP contribution is 2.16. The molecule has 0 spiro atoms. The summed E-state index contributed by atoms with van der Waals surface area (Å²) in [5.41, 5.74) is 0.764. The molecule has 0 atom stereocenters. The first kappa shape index (κ1) is 15.8. The molecule has 0 fully saturated rings. The molecule has 0 unspecified atom stereocenters. The number of carbonyl (C=O) groups is 1. The van der Waals surface area contributed by atoms with E-state index in [9.17, 15) is 4.79 Å². The van der Waals surface area contributed by atoms with Crippen molar-refractivity contribution < 1.29 is 14.3 Å². The van der Waals surface area contributed by atoms with Crippen molar-refractivity contribution in [2.45, 2.75) is 51.8 Å². The van der Waals surface area contributed by atoms with Crippen molar-refractivity contribution in [2.24, 2.45) is 0 Å². The van der Waals surface area contributed by atoms with Crippen LogP contribution in [0.5, 0.6) is 5.75 Å². The fourth-order valence-electron chi connectivity index (χ4n) is 1.67. The van der Waals surface area contributed by atoms with Gasteiger partial charge in [0.15, 0.2) is 0 Å². The molecule has 106 valence electrons. The largest absolute Gasteiger partial charge is 0.514 e. The van der Waals surface area contributed by atoms with Gasteiger partial charge in [0, 0.05) is 9.52 Å². The molecule has 19 heavy (non-hydrogen) atoms. The Bertz CT molecular complexity index is 393. The van der Waals surface area contributed by atoms with Gasteiger partial charge in [-0.2, -0.15) is 0 Å². The normalized spacial score (nSPS) is 11.8. The van der Waals surface area contributed by atoms with Crippen LogP contribution in [0.2, 0.25) is 12.6 Å². The standard InChI is InChI=1S/C15H24O3Si/c1-15(2,3)18-14(16)17-13-9-7-12(8-10-13)6-5-11-19-4/h7-10H,5-6,11,19H2,1-4H3. The Morgan fingerprint density at radius 1 is 1.21 bits per heavy atom. The zero-order valence-electron chi connectivity index (χ0n) is 12.4. The maximum absolute atomic E-state index is 11.5. The number of hydrogen-bond acceptors (Lipinski definition) is 3. The van der Waals surface area contributed by atoms with Crippen LogP contribution in [-0.4, -0.2) is 21.3 Å². The van der Waals surface area contributed by atoms with Crippen molar-refractivity contribution in [3.63, 3.8) is 0 Å². The third-order valence-electron chi connectivity index (χ3n) is 2.58. The summed E-state index contributed by atoms with van der Waals surface area (Å²) in [6.07, 6.45) is 1.71. The molecule has 0 heterocycles. The smallest absolute Gasteiger partial charge is 0.428 e. The summed E-state index contributed by atoms with van der Waals surface area (Å²) in [5, 5.41) is 0. The van der Waals surface area contributed by atoms with Crippen LogP contribution in [0.3, 0.4) is 0 Å². The van der Waals surface area contributed by atoms with Crippen molar-refractivity contribution in [3.8, 4) is 5.75 Å². The number of carbonyl (C=O) groups excluding carboxylic acids is 1. The van der Waals surface area contributed by atoms with E-state index in [1.807, 2.05) is 45.0 Å². The average Bonchev–Trinajstić information content (AvgIpc) is 2.29. The molecule has 0 amide bonds. The SMILES string of the molecule is C[SiH2]CCCc1ccc(OC(=O)OC(C)(C)C)cc1. The zero-order chi connectivity index (χ0) is 14.3. The Morgan fingerprint density at radius 2 is 1.84 bits per heavy atom. The molecule has 4 heteroatoms. The fourth-order valence-corrected chi connectivity index (χ4v) is 2.42. The van der Waals surface area contributed by atoms with Gasteiger partial charge < -0.3 is 9.47 Å². The van der Waals surface area contributed by atoms with Gasteiger partial charge in [-0.3, -0.25) is 0 Å². The lowest BCUT2D eigenvalue weighted by atomic mass is 10.1. The van der Waals surface area contributed by atoms with Gasteiger partial charge in [-0.25, -0.2) is 4.79 Å². The Balaban J connectivity index is 2.45. The monoisotopic (exact) mass is 280 g/mol. The molecule has 1 rings (SSSR count). The lowest BCUT2D eigenvalue weighted by molar-refractivity contribution is 0.0206. The van der Waals surface area contributed by atoms with Crippen LogP contribution in [-0.2, 0) is 11.2 Å². The molecule has 0 N–H and O–H groups in total. The Kier molecular flexibility index (Phi) is 6.08. The van der Waals surface area contributed by atoms with Crippen molar-refractivity contribution in [1.29, 1.82) is 0 Å². The number of ether oxygens (including phenoxy) is 2. The fraction of sp³-hybridized carbons (Fsp3) is 0.533. The van der Waals surface area contributed by atoms with E-state index < -0.39 is 11.8 Å². The second kappa shape index (κ2) is 7.33. The van der Waals surface area contributed by atoms with E-state index >= 15 is 0 Å². The summed E-state index contributed by atoms with van der Waals surface area (Å²) in [7, 11) is 0.173. The van der Waals surface area contributed by atoms with Crippen LogP contribution >= 0.6 is 0 Å². The van der Waals surface area contributed by atoms with Gasteiger partial charge in [0.25, 0.3) is 0 Å². The van der Waals surface area contributed by atoms with Gasteiger partial charge in [0.2, 0.25) is 0 Å². The molecule has 0 aliphatic carbocycles. The molecule has 3 nitrogen and oxygen atoms in total. The van der Waals surface area contributed by atoms with Gasteiger partial charge in [0.1, 0.15) is 11.4 Å². The van der Waals surface area contributed by atoms with Crippen LogP contribution in [0.25, 0.3) is 0 Å². The number of aryl methyl sites for hydroxylation is 1. The molecule has 0 aliphatic rings. The lowest BCUT2D eigenvalue weighted by Crippen LogP contribution is -2.25. The van der Waals surface area contributed by atoms with E-state index in [0.717, 1.165) is 6.42 Å². The minimum atomic E-state index is -0.655. The van der Waals surface area contributed by atoms with Gasteiger partial charge in [0.05, 0.1) is 0 Å². The predicted molar refractivity (Wildman–Crippen MR) is 80.8 cm³/mol. The molecule has 0 saturated carbocycles. The molecule has 0 bridgehead atoms. The Labute approximate surface area is 118 Å². The van der Waals surface area contributed by atoms with Crippen molar-refractivity contribution in [3.05, 3.63) is 29.8 Å². The minimum absolute atomic E-state index is 0.173. The molecule has 1 aromatic carbocycles. The molecular weight excluding hydrogens is 256 g/mol. The van der Waals surface area contributed by atoms with Gasteiger partial charge in [-0.15, -0.1) is 0 Å². The number of hydrogen-bond donors (Lipinski definition) is 0. The van der Waals surface area contributed by atoms with Crippen LogP contribution < -0.4 is 4.74 Å². The second-order valence-corrected chi connectivity index (χ2v) is 7.37. The van der Waals surface area contributed by atoms with E-state index in [0.29, 0.717) is 5.75 Å². The lowest BCUT2D eigenvalue weighted by Gasteiger charge is -2.18. The summed E-state index contributed by atoms with van der Waals surface area (Å²) in [6, 6.07) is 9.05. The third-order valence-corrected chi connectivity index (χ3v) is 3.79. The average molecular weight is 280 g/mol. The zero-order valence-corrected chi connectivity index (χ0v) is 13.8. The third kappa shape index (κ3) is 7.01. The maximum atomic E-state index is 11.5. The van der Waals surface area contributed by atoms with Crippen LogP contribution in [0.1, 0.15) is 32.8 Å². The number of benzene rings is 1. The summed E-state index contributed by atoms with van der Waals surface area (Å²) >= 11 is 0. The topological polar surface area (TPSA) is 35.5 Å². The van der Waals surface area contributed by atoms with E-state index in [2.05, 4.69) is 6.55 Å². The molecule has 0 aliphatic heterocycles. The molecule has 0 radical (unpaired) electrons. The summed E-state index contributed by atoms with van der Waals surface area (Å²) in [5.74, 6) is 0.530. The number of rotatable bonds is 5. The Morgan fingerprint density at radius 3 is 2.37 bits per heavy atom. The highest BCUT2D eigenvalue weighted by molar-refractivity contribution is 6.33. The van der Waals surface area contributed by atoms with E-state index in [1.165, 1.54) is 18.0 Å². The second-order valence-electron chi connectivity index (χ2n) is 5.67. The Hall–Kier alpha value is -1.29. The summed E-state index contributed by atoms with van der Waals surface area (Å²) in [6.45, 7) is 7.77. The van der Waals surface area contributed by atoms with E-state index in [-0.39, 0.29) is 9.52 Å². The first-order valence-corrected chi connectivity index (χ1v) is 9.32. The maximum Gasteiger partial charge on any atom is 0.514 e. The van der Waals surface area contributed by atoms with E-state index in [1.54, 1.807) is 0 Å². The summed E-state index contributed by atoms with van der Waals surface area (Å²) in [4.78, 5) is 11.5.